The summed E-state index contributed by atoms with van der Waals surface area (Å²) in [5, 5.41) is 0.555. The molecular formula is C11H16Cl2OS. The Labute approximate surface area is 103 Å². The van der Waals surface area contributed by atoms with Gasteiger partial charge in [0.05, 0.1) is 11.8 Å². The minimum Gasteiger partial charge on any atom is -0.494 e. The van der Waals surface area contributed by atoms with E-state index < -0.39 is 9.24 Å². The van der Waals surface area contributed by atoms with Crippen LogP contribution in [0.1, 0.15) is 6.42 Å². The molecule has 0 aliphatic rings. The molecule has 1 atom stereocenters. The lowest BCUT2D eigenvalue weighted by atomic mass is 10.3. The number of para-hydroxylation sites is 1. The Hall–Kier alpha value is -0.0500. The normalized spacial score (nSPS) is 16.7. The zero-order valence-corrected chi connectivity index (χ0v) is 11.1. The summed E-state index contributed by atoms with van der Waals surface area (Å²) < 4.78 is 5.56. The number of alkyl halides is 1. The lowest BCUT2D eigenvalue weighted by molar-refractivity contribution is 0.318. The second-order valence-electron chi connectivity index (χ2n) is 3.48. The van der Waals surface area contributed by atoms with Crippen LogP contribution >= 0.6 is 31.5 Å². The molecule has 0 saturated heterocycles. The molecular weight excluding hydrogens is 251 g/mol. The predicted molar refractivity (Wildman–Crippen MR) is 71.5 cm³/mol. The molecule has 0 spiro atoms. The first-order chi connectivity index (χ1) is 7.14. The van der Waals surface area contributed by atoms with Gasteiger partial charge >= 0.3 is 0 Å². The van der Waals surface area contributed by atoms with E-state index in [9.17, 15) is 0 Å². The number of ether oxygens (including phenoxy) is 1. The third-order valence-corrected chi connectivity index (χ3v) is 6.12. The molecule has 1 rings (SSSR count). The van der Waals surface area contributed by atoms with Gasteiger partial charge in [-0.3, -0.25) is 0 Å². The van der Waals surface area contributed by atoms with Crippen molar-refractivity contribution in [1.82, 2.24) is 0 Å². The van der Waals surface area contributed by atoms with E-state index in [1.165, 1.54) is 0 Å². The fourth-order valence-corrected chi connectivity index (χ4v) is 2.60. The van der Waals surface area contributed by atoms with Crippen molar-refractivity contribution in [3.05, 3.63) is 30.3 Å². The first kappa shape index (κ1) is 13.0. The fraction of sp³-hybridized carbons (Fsp3) is 0.455. The summed E-state index contributed by atoms with van der Waals surface area (Å²) in [4.78, 5) is 0. The molecule has 0 heterocycles. The number of hydrogen-bond donors (Lipinski definition) is 0. The topological polar surface area (TPSA) is 9.23 Å². The summed E-state index contributed by atoms with van der Waals surface area (Å²) >= 11 is 5.75. The predicted octanol–water partition coefficient (Wildman–Crippen LogP) is 4.24. The van der Waals surface area contributed by atoms with E-state index in [2.05, 4.69) is 0 Å². The molecule has 15 heavy (non-hydrogen) atoms. The van der Waals surface area contributed by atoms with Crippen LogP contribution in [0.25, 0.3) is 0 Å². The Balaban J connectivity index is 2.18. The molecule has 1 aromatic rings. The molecule has 1 nitrogen and oxygen atoms in total. The van der Waals surface area contributed by atoms with Crippen molar-refractivity contribution in [3.8, 4) is 5.75 Å². The number of hydrogen-bond acceptors (Lipinski definition) is 1. The molecule has 0 N–H and O–H groups in total. The van der Waals surface area contributed by atoms with Gasteiger partial charge in [-0.1, -0.05) is 28.9 Å². The quantitative estimate of drug-likeness (QED) is 0.553. The van der Waals surface area contributed by atoms with Crippen LogP contribution < -0.4 is 4.74 Å². The lowest BCUT2D eigenvalue weighted by Gasteiger charge is -2.24. The largest absolute Gasteiger partial charge is 0.494 e. The second-order valence-corrected chi connectivity index (χ2v) is 9.31. The molecule has 0 amide bonds. The van der Waals surface area contributed by atoms with Gasteiger partial charge in [-0.2, -0.15) is 9.24 Å². The van der Waals surface area contributed by atoms with E-state index in [1.54, 1.807) is 0 Å². The van der Waals surface area contributed by atoms with Crippen molar-refractivity contribution in [2.24, 2.45) is 0 Å². The standard InChI is InChI=1S/C11H16Cl2OS/c1-15(13,10-12)9-5-8-14-11-6-3-2-4-7-11/h2-4,6-7H,5,8-10H2,1H3. The fourth-order valence-electron chi connectivity index (χ4n) is 1.12. The molecule has 0 fully saturated rings. The van der Waals surface area contributed by atoms with Crippen LogP contribution in [-0.2, 0) is 0 Å². The summed E-state index contributed by atoms with van der Waals surface area (Å²) in [5.74, 6) is 1.86. The number of rotatable bonds is 6. The minimum atomic E-state index is -1.12. The van der Waals surface area contributed by atoms with Gasteiger partial charge < -0.3 is 4.74 Å². The highest BCUT2D eigenvalue weighted by Crippen LogP contribution is 2.50. The van der Waals surface area contributed by atoms with E-state index in [1.807, 2.05) is 36.6 Å². The number of benzene rings is 1. The van der Waals surface area contributed by atoms with Gasteiger partial charge in [-0.05, 0) is 30.6 Å². The summed E-state index contributed by atoms with van der Waals surface area (Å²) in [6.07, 6.45) is 2.99. The maximum absolute atomic E-state index is 6.20. The average Bonchev–Trinajstić information content (AvgIpc) is 2.26. The van der Waals surface area contributed by atoms with E-state index in [0.717, 1.165) is 17.9 Å². The van der Waals surface area contributed by atoms with Crippen molar-refractivity contribution < 1.29 is 4.74 Å². The van der Waals surface area contributed by atoms with Crippen molar-refractivity contribution in [3.63, 3.8) is 0 Å². The van der Waals surface area contributed by atoms with Gasteiger partial charge in [0.2, 0.25) is 0 Å². The van der Waals surface area contributed by atoms with Crippen LogP contribution in [0.15, 0.2) is 30.3 Å². The highest BCUT2D eigenvalue weighted by Gasteiger charge is 2.12. The maximum atomic E-state index is 6.20. The average molecular weight is 267 g/mol. The van der Waals surface area contributed by atoms with Crippen molar-refractivity contribution in [2.45, 2.75) is 6.42 Å². The van der Waals surface area contributed by atoms with Crippen molar-refractivity contribution in [1.29, 1.82) is 0 Å². The third kappa shape index (κ3) is 5.55. The number of halogens is 2. The molecule has 0 radical (unpaired) electrons. The Morgan fingerprint density at radius 3 is 2.53 bits per heavy atom. The van der Waals surface area contributed by atoms with Crippen molar-refractivity contribution in [2.75, 3.05) is 23.8 Å². The Bertz CT molecular complexity index is 277. The van der Waals surface area contributed by atoms with Crippen LogP contribution in [0, 0.1) is 0 Å². The van der Waals surface area contributed by atoms with E-state index in [-0.39, 0.29) is 0 Å². The zero-order valence-electron chi connectivity index (χ0n) is 8.79. The molecule has 0 aromatic heterocycles. The first-order valence-electron chi connectivity index (χ1n) is 4.81. The second kappa shape index (κ2) is 6.51. The molecule has 86 valence electrons. The van der Waals surface area contributed by atoms with E-state index in [4.69, 9.17) is 27.0 Å². The van der Waals surface area contributed by atoms with Gasteiger partial charge in [0, 0.05) is 0 Å². The smallest absolute Gasteiger partial charge is 0.119 e. The zero-order chi connectivity index (χ0) is 11.1. The lowest BCUT2D eigenvalue weighted by Crippen LogP contribution is -2.04. The van der Waals surface area contributed by atoms with Crippen LogP contribution in [0.2, 0.25) is 0 Å². The van der Waals surface area contributed by atoms with E-state index in [0.29, 0.717) is 11.8 Å². The van der Waals surface area contributed by atoms with Crippen LogP contribution in [0.4, 0.5) is 0 Å². The van der Waals surface area contributed by atoms with Crippen molar-refractivity contribution >= 4 is 31.5 Å². The minimum absolute atomic E-state index is 0.555. The SMILES string of the molecule is CS(Cl)(CCl)CCCOc1ccccc1. The molecule has 4 heteroatoms. The molecule has 0 bridgehead atoms. The monoisotopic (exact) mass is 266 g/mol. The highest BCUT2D eigenvalue weighted by molar-refractivity contribution is 8.51. The Morgan fingerprint density at radius 1 is 1.27 bits per heavy atom. The molecule has 0 aliphatic carbocycles. The van der Waals surface area contributed by atoms with E-state index >= 15 is 0 Å². The van der Waals surface area contributed by atoms with Gasteiger partial charge in [0.1, 0.15) is 5.75 Å². The van der Waals surface area contributed by atoms with Crippen LogP contribution in [-0.4, -0.2) is 23.8 Å². The molecule has 1 unspecified atom stereocenters. The summed E-state index contributed by atoms with van der Waals surface area (Å²) in [7, 11) is 5.08. The summed E-state index contributed by atoms with van der Waals surface area (Å²) in [6.45, 7) is 0.705. The molecule has 0 saturated carbocycles. The van der Waals surface area contributed by atoms with Gasteiger partial charge in [-0.15, -0.1) is 11.6 Å². The van der Waals surface area contributed by atoms with Gasteiger partial charge in [0.25, 0.3) is 0 Å². The summed E-state index contributed by atoms with van der Waals surface area (Å²) in [5.41, 5.74) is 0. The first-order valence-corrected chi connectivity index (χ1v) is 8.55. The highest BCUT2D eigenvalue weighted by atomic mass is 35.7. The van der Waals surface area contributed by atoms with Crippen LogP contribution in [0.5, 0.6) is 5.75 Å². The third-order valence-electron chi connectivity index (χ3n) is 1.95. The van der Waals surface area contributed by atoms with Crippen LogP contribution in [0.3, 0.4) is 0 Å². The van der Waals surface area contributed by atoms with Gasteiger partial charge in [-0.25, -0.2) is 0 Å². The molecule has 1 aromatic carbocycles. The summed E-state index contributed by atoms with van der Waals surface area (Å²) in [6, 6.07) is 9.80. The molecule has 0 aliphatic heterocycles. The van der Waals surface area contributed by atoms with Gasteiger partial charge in [0.15, 0.2) is 0 Å². The maximum Gasteiger partial charge on any atom is 0.119 e. The Kier molecular flexibility index (Phi) is 5.65. The Morgan fingerprint density at radius 2 is 1.93 bits per heavy atom.